The molecule has 164 valence electrons. The van der Waals surface area contributed by atoms with Crippen molar-refractivity contribution < 1.29 is 17.7 Å². The van der Waals surface area contributed by atoms with Crippen molar-refractivity contribution in [2.75, 3.05) is 26.4 Å². The monoisotopic (exact) mass is 420 g/mol. The molecule has 0 N–H and O–H groups in total. The molecule has 0 aliphatic heterocycles. The summed E-state index contributed by atoms with van der Waals surface area (Å²) in [5.74, 6) is 0. The topological polar surface area (TPSA) is 36.9 Å². The standard InChI is InChI=1S/C21H48O4Si2/c1-5-9-13-17-22-26(23-18-14-10-6-2)21-27(24-19-15-11-7-3)25-20-16-12-8-4/h26-27H,5-21H2,1-4H3. The Labute approximate surface area is 173 Å². The number of hydrogen-bond acceptors (Lipinski definition) is 4. The fourth-order valence-electron chi connectivity index (χ4n) is 2.79. The van der Waals surface area contributed by atoms with Crippen LogP contribution in [0.25, 0.3) is 0 Å². The van der Waals surface area contributed by atoms with Gasteiger partial charge in [0.2, 0.25) is 0 Å². The van der Waals surface area contributed by atoms with Gasteiger partial charge in [0.05, 0.1) is 0 Å². The minimum atomic E-state index is -1.68. The normalized spacial score (nSPS) is 11.8. The van der Waals surface area contributed by atoms with Crippen LogP contribution in [-0.4, -0.2) is 45.0 Å². The molecule has 6 heteroatoms. The molecule has 0 aromatic heterocycles. The Morgan fingerprint density at radius 2 is 0.667 bits per heavy atom. The van der Waals surface area contributed by atoms with E-state index in [9.17, 15) is 0 Å². The summed E-state index contributed by atoms with van der Waals surface area (Å²) in [6, 6.07) is 0. The highest BCUT2D eigenvalue weighted by Crippen LogP contribution is 2.10. The Hall–Kier alpha value is 0.274. The number of rotatable bonds is 22. The van der Waals surface area contributed by atoms with Crippen LogP contribution in [0.3, 0.4) is 0 Å². The molecule has 0 saturated heterocycles. The Bertz CT molecular complexity index is 233. The molecule has 0 radical (unpaired) electrons. The van der Waals surface area contributed by atoms with Crippen LogP contribution in [-0.2, 0) is 17.7 Å². The maximum absolute atomic E-state index is 6.20. The summed E-state index contributed by atoms with van der Waals surface area (Å²) in [5.41, 5.74) is 0.941. The van der Waals surface area contributed by atoms with Gasteiger partial charge in [0, 0.05) is 32.1 Å². The fraction of sp³-hybridized carbons (Fsp3) is 1.00. The minimum absolute atomic E-state index is 0.839. The maximum Gasteiger partial charge on any atom is 0.323 e. The van der Waals surface area contributed by atoms with Crippen molar-refractivity contribution >= 4 is 18.6 Å². The van der Waals surface area contributed by atoms with E-state index in [4.69, 9.17) is 17.7 Å². The van der Waals surface area contributed by atoms with Crippen molar-refractivity contribution in [3.63, 3.8) is 0 Å². The molecule has 0 unspecified atom stereocenters. The van der Waals surface area contributed by atoms with Crippen molar-refractivity contribution in [2.24, 2.45) is 0 Å². The zero-order chi connectivity index (χ0) is 20.0. The third kappa shape index (κ3) is 19.4. The van der Waals surface area contributed by atoms with Crippen molar-refractivity contribution in [3.05, 3.63) is 0 Å². The van der Waals surface area contributed by atoms with E-state index in [-0.39, 0.29) is 0 Å². The first kappa shape index (κ1) is 27.3. The predicted octanol–water partition coefficient (Wildman–Crippen LogP) is 5.79. The van der Waals surface area contributed by atoms with Gasteiger partial charge < -0.3 is 17.7 Å². The van der Waals surface area contributed by atoms with Crippen LogP contribution in [0.2, 0.25) is 5.67 Å². The van der Waals surface area contributed by atoms with Crippen LogP contribution >= 0.6 is 0 Å². The molecular formula is C21H48O4Si2. The van der Waals surface area contributed by atoms with Gasteiger partial charge in [-0.1, -0.05) is 79.1 Å². The van der Waals surface area contributed by atoms with Gasteiger partial charge in [0.15, 0.2) is 0 Å². The van der Waals surface area contributed by atoms with E-state index in [0.29, 0.717) is 0 Å². The number of hydrogen-bond donors (Lipinski definition) is 0. The lowest BCUT2D eigenvalue weighted by atomic mass is 10.3. The van der Waals surface area contributed by atoms with E-state index >= 15 is 0 Å². The second-order valence-corrected chi connectivity index (χ2v) is 12.3. The lowest BCUT2D eigenvalue weighted by Gasteiger charge is -2.22. The molecule has 0 atom stereocenters. The van der Waals surface area contributed by atoms with Crippen molar-refractivity contribution in [1.29, 1.82) is 0 Å². The first-order chi connectivity index (χ1) is 13.3. The van der Waals surface area contributed by atoms with Crippen LogP contribution in [0.5, 0.6) is 0 Å². The van der Waals surface area contributed by atoms with E-state index in [1.807, 2.05) is 0 Å². The molecule has 0 aliphatic rings. The zero-order valence-electron chi connectivity index (χ0n) is 18.8. The molecule has 0 bridgehead atoms. The lowest BCUT2D eigenvalue weighted by molar-refractivity contribution is 0.173. The highest BCUT2D eigenvalue weighted by molar-refractivity contribution is 6.64. The highest BCUT2D eigenvalue weighted by Gasteiger charge is 2.24. The van der Waals surface area contributed by atoms with Crippen molar-refractivity contribution in [1.82, 2.24) is 0 Å². The van der Waals surface area contributed by atoms with Crippen LogP contribution in [0.1, 0.15) is 105 Å². The third-order valence-electron chi connectivity index (χ3n) is 4.59. The van der Waals surface area contributed by atoms with E-state index in [2.05, 4.69) is 27.7 Å². The summed E-state index contributed by atoms with van der Waals surface area (Å²) in [6.45, 7) is 12.3. The lowest BCUT2D eigenvalue weighted by Crippen LogP contribution is -2.35. The fourth-order valence-corrected chi connectivity index (χ4v) is 8.14. The minimum Gasteiger partial charge on any atom is -0.397 e. The molecule has 0 amide bonds. The Balaban J connectivity index is 4.42. The van der Waals surface area contributed by atoms with Crippen LogP contribution in [0, 0.1) is 0 Å². The Morgan fingerprint density at radius 3 is 0.889 bits per heavy atom. The molecule has 0 rings (SSSR count). The first-order valence-electron chi connectivity index (χ1n) is 11.7. The smallest absolute Gasteiger partial charge is 0.323 e. The largest absolute Gasteiger partial charge is 0.397 e. The summed E-state index contributed by atoms with van der Waals surface area (Å²) in [7, 11) is -3.37. The van der Waals surface area contributed by atoms with Gasteiger partial charge >= 0.3 is 18.6 Å². The van der Waals surface area contributed by atoms with E-state index in [0.717, 1.165) is 57.8 Å². The second-order valence-electron chi connectivity index (χ2n) is 7.41. The van der Waals surface area contributed by atoms with Crippen molar-refractivity contribution in [2.45, 2.75) is 110 Å². The Morgan fingerprint density at radius 1 is 0.407 bits per heavy atom. The Kier molecular flexibility index (Phi) is 22.8. The third-order valence-corrected chi connectivity index (χ3v) is 10.1. The highest BCUT2D eigenvalue weighted by atomic mass is 28.4. The summed E-state index contributed by atoms with van der Waals surface area (Å²) in [4.78, 5) is 0. The molecule has 4 nitrogen and oxygen atoms in total. The molecule has 27 heavy (non-hydrogen) atoms. The van der Waals surface area contributed by atoms with Crippen LogP contribution < -0.4 is 0 Å². The summed E-state index contributed by atoms with van der Waals surface area (Å²) < 4.78 is 24.8. The summed E-state index contributed by atoms with van der Waals surface area (Å²) in [5, 5.41) is 0. The van der Waals surface area contributed by atoms with Crippen LogP contribution in [0.4, 0.5) is 0 Å². The quantitative estimate of drug-likeness (QED) is 0.164. The molecule has 0 fully saturated rings. The van der Waals surface area contributed by atoms with Gasteiger partial charge in [-0.25, -0.2) is 0 Å². The summed E-state index contributed by atoms with van der Waals surface area (Å²) in [6.07, 6.45) is 14.4. The molecule has 0 saturated carbocycles. The van der Waals surface area contributed by atoms with E-state index in [1.54, 1.807) is 0 Å². The molecular weight excluding hydrogens is 372 g/mol. The summed E-state index contributed by atoms with van der Waals surface area (Å²) >= 11 is 0. The molecule has 0 aliphatic carbocycles. The zero-order valence-corrected chi connectivity index (χ0v) is 21.1. The predicted molar refractivity (Wildman–Crippen MR) is 121 cm³/mol. The van der Waals surface area contributed by atoms with Gasteiger partial charge in [0.25, 0.3) is 0 Å². The number of unbranched alkanes of at least 4 members (excludes halogenated alkanes) is 8. The average Bonchev–Trinajstić information content (AvgIpc) is 2.68. The maximum atomic E-state index is 6.20. The van der Waals surface area contributed by atoms with Gasteiger partial charge in [-0.3, -0.25) is 0 Å². The molecule has 0 spiro atoms. The van der Waals surface area contributed by atoms with Gasteiger partial charge in [-0.2, -0.15) is 0 Å². The SMILES string of the molecule is CCCCCO[SiH](C[SiH](OCCCCC)OCCCCC)OCCCCC. The molecule has 0 aromatic rings. The molecule has 0 aromatic carbocycles. The van der Waals surface area contributed by atoms with E-state index in [1.165, 1.54) is 51.4 Å². The molecule has 0 heterocycles. The second kappa shape index (κ2) is 22.6. The van der Waals surface area contributed by atoms with E-state index < -0.39 is 18.6 Å². The average molecular weight is 421 g/mol. The van der Waals surface area contributed by atoms with Gasteiger partial charge in [-0.05, 0) is 25.7 Å². The first-order valence-corrected chi connectivity index (χ1v) is 15.3. The van der Waals surface area contributed by atoms with Crippen LogP contribution in [0.15, 0.2) is 0 Å². The van der Waals surface area contributed by atoms with Gasteiger partial charge in [-0.15, -0.1) is 0 Å². The van der Waals surface area contributed by atoms with Crippen molar-refractivity contribution in [3.8, 4) is 0 Å². The van der Waals surface area contributed by atoms with Gasteiger partial charge in [0.1, 0.15) is 0 Å².